The Bertz CT molecular complexity index is 337. The second kappa shape index (κ2) is 5.23. The van der Waals surface area contributed by atoms with Gasteiger partial charge in [0.05, 0.1) is 5.69 Å². The maximum Gasteiger partial charge on any atom is 0.225 e. The quantitative estimate of drug-likeness (QED) is 0.761. The van der Waals surface area contributed by atoms with Crippen LogP contribution in [0.25, 0.3) is 0 Å². The number of nitrogens with two attached hydrogens (primary N) is 1. The normalized spacial score (nSPS) is 17.8. The number of aliphatic hydroxyl groups excluding tert-OH is 1. The van der Waals surface area contributed by atoms with Crippen molar-refractivity contribution in [2.24, 2.45) is 11.7 Å². The van der Waals surface area contributed by atoms with Crippen LogP contribution in [0.4, 0.5) is 5.95 Å². The van der Waals surface area contributed by atoms with Crippen molar-refractivity contribution in [1.82, 2.24) is 9.97 Å². The summed E-state index contributed by atoms with van der Waals surface area (Å²) in [6.07, 6.45) is 3.77. The lowest BCUT2D eigenvalue weighted by molar-refractivity contribution is 0.202. The summed E-state index contributed by atoms with van der Waals surface area (Å²) in [5.74, 6) is 1.20. The van der Waals surface area contributed by atoms with Crippen LogP contribution in [0.15, 0.2) is 12.3 Å². The third-order valence-electron chi connectivity index (χ3n) is 3.07. The molecular formula is C11H18N4O. The molecule has 0 aromatic carbocycles. The first-order valence-electron chi connectivity index (χ1n) is 5.71. The third kappa shape index (κ3) is 2.48. The fourth-order valence-corrected chi connectivity index (χ4v) is 1.97. The molecule has 1 aromatic heterocycles. The third-order valence-corrected chi connectivity index (χ3v) is 3.07. The van der Waals surface area contributed by atoms with Gasteiger partial charge in [0, 0.05) is 32.4 Å². The molecule has 0 amide bonds. The first-order valence-corrected chi connectivity index (χ1v) is 5.71. The standard InChI is InChI=1S/C11H18N4O/c12-7-10-1-4-13-11(14-10)15-5-2-9(8-16)3-6-15/h1,4,9,16H,2-3,5-8,12H2. The summed E-state index contributed by atoms with van der Waals surface area (Å²) in [5.41, 5.74) is 6.42. The zero-order chi connectivity index (χ0) is 11.4. The van der Waals surface area contributed by atoms with Crippen molar-refractivity contribution in [3.63, 3.8) is 0 Å². The van der Waals surface area contributed by atoms with Gasteiger partial charge in [-0.2, -0.15) is 0 Å². The number of aliphatic hydroxyl groups is 1. The van der Waals surface area contributed by atoms with Crippen LogP contribution in [0, 0.1) is 5.92 Å². The molecule has 0 atom stereocenters. The number of anilines is 1. The molecule has 0 spiro atoms. The van der Waals surface area contributed by atoms with E-state index >= 15 is 0 Å². The van der Waals surface area contributed by atoms with Gasteiger partial charge in [-0.1, -0.05) is 0 Å². The average molecular weight is 222 g/mol. The maximum atomic E-state index is 9.06. The highest BCUT2D eigenvalue weighted by molar-refractivity contribution is 5.30. The van der Waals surface area contributed by atoms with Crippen molar-refractivity contribution < 1.29 is 5.11 Å². The number of hydrogen-bond donors (Lipinski definition) is 2. The molecule has 2 rings (SSSR count). The molecule has 0 radical (unpaired) electrons. The van der Waals surface area contributed by atoms with Gasteiger partial charge in [0.1, 0.15) is 0 Å². The first kappa shape index (κ1) is 11.3. The van der Waals surface area contributed by atoms with Crippen LogP contribution in [-0.4, -0.2) is 34.8 Å². The number of nitrogens with zero attached hydrogens (tertiary/aromatic N) is 3. The highest BCUT2D eigenvalue weighted by atomic mass is 16.3. The van der Waals surface area contributed by atoms with Gasteiger partial charge in [-0.3, -0.25) is 0 Å². The van der Waals surface area contributed by atoms with Crippen LogP contribution in [-0.2, 0) is 6.54 Å². The Morgan fingerprint density at radius 2 is 2.19 bits per heavy atom. The van der Waals surface area contributed by atoms with Crippen LogP contribution in [0.3, 0.4) is 0 Å². The van der Waals surface area contributed by atoms with Crippen molar-refractivity contribution in [1.29, 1.82) is 0 Å². The summed E-state index contributed by atoms with van der Waals surface area (Å²) in [5, 5.41) is 9.06. The zero-order valence-electron chi connectivity index (χ0n) is 9.34. The minimum absolute atomic E-state index is 0.289. The Labute approximate surface area is 95.3 Å². The fraction of sp³-hybridized carbons (Fsp3) is 0.636. The Morgan fingerprint density at radius 3 is 2.81 bits per heavy atom. The topological polar surface area (TPSA) is 75.3 Å². The van der Waals surface area contributed by atoms with Crippen molar-refractivity contribution in [2.75, 3.05) is 24.6 Å². The molecule has 88 valence electrons. The average Bonchev–Trinajstić information content (AvgIpc) is 2.39. The first-order chi connectivity index (χ1) is 7.83. The number of aromatic nitrogens is 2. The molecule has 16 heavy (non-hydrogen) atoms. The van der Waals surface area contributed by atoms with E-state index in [9.17, 15) is 0 Å². The second-order valence-electron chi connectivity index (χ2n) is 4.17. The molecule has 1 saturated heterocycles. The summed E-state index contributed by atoms with van der Waals surface area (Å²) < 4.78 is 0. The van der Waals surface area contributed by atoms with Gasteiger partial charge < -0.3 is 15.7 Å². The molecule has 5 nitrogen and oxygen atoms in total. The molecule has 2 heterocycles. The monoisotopic (exact) mass is 222 g/mol. The van der Waals surface area contributed by atoms with Gasteiger partial charge in [-0.15, -0.1) is 0 Å². The minimum atomic E-state index is 0.289. The summed E-state index contributed by atoms with van der Waals surface area (Å²) in [7, 11) is 0. The van der Waals surface area contributed by atoms with Crippen molar-refractivity contribution in [3.05, 3.63) is 18.0 Å². The number of piperidine rings is 1. The smallest absolute Gasteiger partial charge is 0.225 e. The lowest BCUT2D eigenvalue weighted by Crippen LogP contribution is -2.36. The highest BCUT2D eigenvalue weighted by Gasteiger charge is 2.20. The van der Waals surface area contributed by atoms with E-state index in [0.717, 1.165) is 37.6 Å². The maximum absolute atomic E-state index is 9.06. The van der Waals surface area contributed by atoms with Crippen LogP contribution in [0.5, 0.6) is 0 Å². The van der Waals surface area contributed by atoms with E-state index in [0.29, 0.717) is 12.5 Å². The molecule has 0 saturated carbocycles. The van der Waals surface area contributed by atoms with E-state index in [-0.39, 0.29) is 6.61 Å². The van der Waals surface area contributed by atoms with Crippen molar-refractivity contribution in [3.8, 4) is 0 Å². The Kier molecular flexibility index (Phi) is 3.69. The van der Waals surface area contributed by atoms with Gasteiger partial charge in [-0.05, 0) is 24.8 Å². The van der Waals surface area contributed by atoms with Crippen LogP contribution < -0.4 is 10.6 Å². The SMILES string of the molecule is NCc1ccnc(N2CCC(CO)CC2)n1. The second-order valence-corrected chi connectivity index (χ2v) is 4.17. The summed E-state index contributed by atoms with van der Waals surface area (Å²) >= 11 is 0. The highest BCUT2D eigenvalue weighted by Crippen LogP contribution is 2.19. The van der Waals surface area contributed by atoms with Crippen LogP contribution in [0.1, 0.15) is 18.5 Å². The molecule has 5 heteroatoms. The molecule has 3 N–H and O–H groups in total. The molecule has 0 unspecified atom stereocenters. The molecule has 0 aliphatic carbocycles. The predicted molar refractivity (Wildman–Crippen MR) is 61.9 cm³/mol. The minimum Gasteiger partial charge on any atom is -0.396 e. The summed E-state index contributed by atoms with van der Waals surface area (Å²) in [6.45, 7) is 2.57. The van der Waals surface area contributed by atoms with E-state index in [1.807, 2.05) is 6.07 Å². The van der Waals surface area contributed by atoms with E-state index in [1.165, 1.54) is 0 Å². The Hall–Kier alpha value is -1.20. The van der Waals surface area contributed by atoms with Gasteiger partial charge in [0.2, 0.25) is 5.95 Å². The molecule has 1 aliphatic heterocycles. The van der Waals surface area contributed by atoms with Gasteiger partial charge >= 0.3 is 0 Å². The van der Waals surface area contributed by atoms with E-state index in [4.69, 9.17) is 10.8 Å². The zero-order valence-corrected chi connectivity index (χ0v) is 9.34. The lowest BCUT2D eigenvalue weighted by Gasteiger charge is -2.31. The Morgan fingerprint density at radius 1 is 1.44 bits per heavy atom. The molecule has 1 aromatic rings. The molecule has 1 fully saturated rings. The summed E-state index contributed by atoms with van der Waals surface area (Å²) in [6, 6.07) is 1.84. The van der Waals surface area contributed by atoms with E-state index in [2.05, 4.69) is 14.9 Å². The van der Waals surface area contributed by atoms with Crippen LogP contribution in [0.2, 0.25) is 0 Å². The number of rotatable bonds is 3. The summed E-state index contributed by atoms with van der Waals surface area (Å²) in [4.78, 5) is 10.8. The predicted octanol–water partition coefficient (Wildman–Crippen LogP) is 0.144. The van der Waals surface area contributed by atoms with Gasteiger partial charge in [-0.25, -0.2) is 9.97 Å². The van der Waals surface area contributed by atoms with Crippen molar-refractivity contribution in [2.45, 2.75) is 19.4 Å². The largest absolute Gasteiger partial charge is 0.396 e. The molecular weight excluding hydrogens is 204 g/mol. The van der Waals surface area contributed by atoms with Gasteiger partial charge in [0.15, 0.2) is 0 Å². The lowest BCUT2D eigenvalue weighted by atomic mass is 9.98. The number of hydrogen-bond acceptors (Lipinski definition) is 5. The Balaban J connectivity index is 2.02. The fourth-order valence-electron chi connectivity index (χ4n) is 1.97. The van der Waals surface area contributed by atoms with E-state index < -0.39 is 0 Å². The van der Waals surface area contributed by atoms with Crippen molar-refractivity contribution >= 4 is 5.95 Å². The van der Waals surface area contributed by atoms with Crippen LogP contribution >= 0.6 is 0 Å². The molecule has 1 aliphatic rings. The molecule has 0 bridgehead atoms. The van der Waals surface area contributed by atoms with Gasteiger partial charge in [0.25, 0.3) is 0 Å². The van der Waals surface area contributed by atoms with E-state index in [1.54, 1.807) is 6.20 Å².